The van der Waals surface area contributed by atoms with Gasteiger partial charge in [0.1, 0.15) is 23.8 Å². The summed E-state index contributed by atoms with van der Waals surface area (Å²) in [5.74, 6) is -1.70. The van der Waals surface area contributed by atoms with Crippen LogP contribution in [0, 0.1) is 18.7 Å². The molecule has 0 saturated heterocycles. The molecule has 0 spiro atoms. The van der Waals surface area contributed by atoms with Crippen LogP contribution in [0.4, 0.5) is 45.4 Å². The molecule has 208 valence electrons. The fourth-order valence-electron chi connectivity index (χ4n) is 4.07. The monoisotopic (exact) mass is 554 g/mol. The maximum Gasteiger partial charge on any atom is 0.416 e. The number of aromatic nitrogens is 2. The van der Waals surface area contributed by atoms with Gasteiger partial charge in [-0.25, -0.2) is 19.2 Å². The molecule has 4 rings (SSSR count). The molecule has 12 heteroatoms. The zero-order valence-electron chi connectivity index (χ0n) is 21.4. The van der Waals surface area contributed by atoms with Crippen LogP contribution < -0.4 is 21.3 Å². The van der Waals surface area contributed by atoms with Crippen LogP contribution in [-0.2, 0) is 11.2 Å². The van der Waals surface area contributed by atoms with E-state index in [2.05, 4.69) is 20.6 Å². The average Bonchev–Trinajstić information content (AvgIpc) is 2.91. The lowest BCUT2D eigenvalue weighted by molar-refractivity contribution is -0.118. The minimum absolute atomic E-state index is 0.0573. The molecule has 4 N–H and O–H groups in total. The second-order valence-corrected chi connectivity index (χ2v) is 9.11. The van der Waals surface area contributed by atoms with E-state index in [4.69, 9.17) is 5.73 Å². The van der Waals surface area contributed by atoms with Crippen LogP contribution >= 0.6 is 0 Å². The molecule has 40 heavy (non-hydrogen) atoms. The van der Waals surface area contributed by atoms with Crippen LogP contribution in [-0.4, -0.2) is 34.6 Å². The van der Waals surface area contributed by atoms with E-state index < -0.39 is 35.4 Å². The number of nitrogens with one attached hydrogen (secondary N) is 2. The largest absolute Gasteiger partial charge is 0.416 e. The maximum absolute atomic E-state index is 14.2. The SMILES string of the molecule is Cc1ccc(NC(=O)C2C=C(C(F)(F)F)C=CC2)cc1NC(=O)N(CCc1ccccc1F)c1cc(N)ncn1. The Bertz CT molecular complexity index is 1470. The molecule has 1 unspecified atom stereocenters. The highest BCUT2D eigenvalue weighted by Gasteiger charge is 2.34. The van der Waals surface area contributed by atoms with Crippen molar-refractivity contribution in [3.8, 4) is 0 Å². The number of halogens is 4. The molecule has 0 saturated carbocycles. The Morgan fingerprint density at radius 3 is 2.60 bits per heavy atom. The van der Waals surface area contributed by atoms with Gasteiger partial charge in [0.2, 0.25) is 5.91 Å². The van der Waals surface area contributed by atoms with Gasteiger partial charge in [0.15, 0.2) is 0 Å². The summed E-state index contributed by atoms with van der Waals surface area (Å²) >= 11 is 0. The van der Waals surface area contributed by atoms with Gasteiger partial charge < -0.3 is 16.4 Å². The first kappa shape index (κ1) is 28.3. The Labute approximate surface area is 227 Å². The summed E-state index contributed by atoms with van der Waals surface area (Å²) in [6.45, 7) is 1.79. The van der Waals surface area contributed by atoms with Crippen molar-refractivity contribution in [1.29, 1.82) is 0 Å². The molecule has 0 aliphatic heterocycles. The number of urea groups is 1. The van der Waals surface area contributed by atoms with E-state index >= 15 is 0 Å². The first-order chi connectivity index (χ1) is 19.0. The quantitative estimate of drug-likeness (QED) is 0.320. The zero-order chi connectivity index (χ0) is 28.9. The topological polar surface area (TPSA) is 113 Å². The van der Waals surface area contributed by atoms with Crippen molar-refractivity contribution >= 4 is 34.9 Å². The Kier molecular flexibility index (Phi) is 8.46. The molecule has 8 nitrogen and oxygen atoms in total. The fourth-order valence-corrected chi connectivity index (χ4v) is 4.07. The minimum atomic E-state index is -4.55. The predicted molar refractivity (Wildman–Crippen MR) is 144 cm³/mol. The van der Waals surface area contributed by atoms with Crippen molar-refractivity contribution < 1.29 is 27.2 Å². The average molecular weight is 555 g/mol. The molecule has 3 aromatic rings. The number of anilines is 4. The molecule has 2 aromatic carbocycles. The van der Waals surface area contributed by atoms with Crippen LogP contribution in [0.2, 0.25) is 0 Å². The van der Waals surface area contributed by atoms with E-state index in [0.717, 1.165) is 12.2 Å². The highest BCUT2D eigenvalue weighted by atomic mass is 19.4. The number of amides is 3. The lowest BCUT2D eigenvalue weighted by atomic mass is 9.95. The summed E-state index contributed by atoms with van der Waals surface area (Å²) in [6.07, 6.45) is 0.114. The van der Waals surface area contributed by atoms with E-state index in [1.807, 2.05) is 0 Å². The molecule has 1 heterocycles. The summed E-state index contributed by atoms with van der Waals surface area (Å²) in [4.78, 5) is 35.4. The van der Waals surface area contributed by atoms with Gasteiger partial charge in [0, 0.05) is 24.0 Å². The van der Waals surface area contributed by atoms with Gasteiger partial charge in [-0.1, -0.05) is 42.5 Å². The van der Waals surface area contributed by atoms with Gasteiger partial charge in [0.05, 0.1) is 11.5 Å². The van der Waals surface area contributed by atoms with E-state index in [1.165, 1.54) is 35.5 Å². The predicted octanol–water partition coefficient (Wildman–Crippen LogP) is 5.79. The summed E-state index contributed by atoms with van der Waals surface area (Å²) in [5.41, 5.74) is 6.59. The standard InChI is InChI=1S/C28H26F4N6O2/c1-17-9-10-21(36-26(39)19-6-4-7-20(13-19)28(30,31)32)14-23(17)37-27(40)38(25-15-24(33)34-16-35-25)12-11-18-5-2-3-8-22(18)29/h2-5,7-10,13-16,19H,6,11-12H2,1H3,(H,36,39)(H,37,40)(H2,33,34,35). The van der Waals surface area contributed by atoms with Gasteiger partial charge in [-0.05, 0) is 49.1 Å². The molecule has 1 atom stereocenters. The van der Waals surface area contributed by atoms with E-state index in [0.29, 0.717) is 16.8 Å². The summed E-state index contributed by atoms with van der Waals surface area (Å²) in [6, 6.07) is 11.7. The van der Waals surface area contributed by atoms with Gasteiger partial charge >= 0.3 is 12.2 Å². The number of nitrogens with two attached hydrogens (primary N) is 1. The van der Waals surface area contributed by atoms with Crippen molar-refractivity contribution in [2.24, 2.45) is 5.92 Å². The summed E-state index contributed by atoms with van der Waals surface area (Å²) in [5, 5.41) is 5.39. The molecular formula is C28H26F4N6O2. The van der Waals surface area contributed by atoms with Gasteiger partial charge in [-0.2, -0.15) is 13.2 Å². The lowest BCUT2D eigenvalue weighted by Crippen LogP contribution is -2.37. The molecule has 1 aliphatic rings. The zero-order valence-corrected chi connectivity index (χ0v) is 21.4. The third-order valence-electron chi connectivity index (χ3n) is 6.24. The lowest BCUT2D eigenvalue weighted by Gasteiger charge is -2.23. The molecule has 0 bridgehead atoms. The van der Waals surface area contributed by atoms with Crippen molar-refractivity contribution in [1.82, 2.24) is 9.97 Å². The number of allylic oxidation sites excluding steroid dienone is 3. The first-order valence-electron chi connectivity index (χ1n) is 12.3. The van der Waals surface area contributed by atoms with Crippen LogP contribution in [0.3, 0.4) is 0 Å². The van der Waals surface area contributed by atoms with Crippen LogP contribution in [0.5, 0.6) is 0 Å². The van der Waals surface area contributed by atoms with E-state index in [-0.39, 0.29) is 36.7 Å². The van der Waals surface area contributed by atoms with Crippen LogP contribution in [0.15, 0.2) is 78.7 Å². The summed E-state index contributed by atoms with van der Waals surface area (Å²) in [7, 11) is 0. The fraction of sp³-hybridized carbons (Fsp3) is 0.214. The van der Waals surface area contributed by atoms with E-state index in [9.17, 15) is 27.2 Å². The Balaban J connectivity index is 1.52. The van der Waals surface area contributed by atoms with Crippen molar-refractivity contribution in [3.05, 3.63) is 95.6 Å². The first-order valence-corrected chi connectivity index (χ1v) is 12.3. The Morgan fingerprint density at radius 1 is 1.10 bits per heavy atom. The van der Waals surface area contributed by atoms with Crippen molar-refractivity contribution in [2.75, 3.05) is 27.8 Å². The number of hydrogen-bond acceptors (Lipinski definition) is 5. The number of carbonyl (C=O) groups excluding carboxylic acids is 2. The second kappa shape index (κ2) is 12.0. The molecule has 1 aliphatic carbocycles. The minimum Gasteiger partial charge on any atom is -0.384 e. The number of alkyl halides is 3. The molecule has 1 aromatic heterocycles. The number of benzene rings is 2. The van der Waals surface area contributed by atoms with Crippen molar-refractivity contribution in [2.45, 2.75) is 25.9 Å². The van der Waals surface area contributed by atoms with Crippen LogP contribution in [0.1, 0.15) is 17.5 Å². The number of nitrogens with zero attached hydrogens (tertiary/aromatic N) is 3. The van der Waals surface area contributed by atoms with E-state index in [1.54, 1.807) is 37.3 Å². The third kappa shape index (κ3) is 7.01. The van der Waals surface area contributed by atoms with Gasteiger partial charge in [0.25, 0.3) is 0 Å². The number of hydrogen-bond donors (Lipinski definition) is 3. The number of nitrogen functional groups attached to an aromatic ring is 1. The Hall–Kier alpha value is -4.74. The van der Waals surface area contributed by atoms with Crippen molar-refractivity contribution in [3.63, 3.8) is 0 Å². The Morgan fingerprint density at radius 2 is 1.88 bits per heavy atom. The maximum atomic E-state index is 14.2. The third-order valence-corrected chi connectivity index (χ3v) is 6.24. The summed E-state index contributed by atoms with van der Waals surface area (Å²) < 4.78 is 53.4. The molecular weight excluding hydrogens is 528 g/mol. The number of aryl methyl sites for hydroxylation is 1. The number of rotatable bonds is 7. The van der Waals surface area contributed by atoms with Gasteiger partial charge in [-0.15, -0.1) is 0 Å². The number of carbonyl (C=O) groups is 2. The highest BCUT2D eigenvalue weighted by molar-refractivity contribution is 6.02. The smallest absolute Gasteiger partial charge is 0.384 e. The molecule has 0 fully saturated rings. The highest BCUT2D eigenvalue weighted by Crippen LogP contribution is 2.32. The normalized spacial score (nSPS) is 14.8. The van der Waals surface area contributed by atoms with Crippen LogP contribution in [0.25, 0.3) is 0 Å². The second-order valence-electron chi connectivity index (χ2n) is 9.11. The van der Waals surface area contributed by atoms with Gasteiger partial charge in [-0.3, -0.25) is 9.69 Å². The molecule has 0 radical (unpaired) electrons. The molecule has 3 amide bonds.